The highest BCUT2D eigenvalue weighted by Gasteiger charge is 1.99. The average Bonchev–Trinajstić information content (AvgIpc) is 2.23. The Morgan fingerprint density at radius 3 is 3.07 bits per heavy atom. The van der Waals surface area contributed by atoms with Crippen LogP contribution in [0.1, 0.15) is 12.1 Å². The number of hydrogen-bond acceptors (Lipinski definition) is 5. The molecule has 0 unspecified atom stereocenters. The number of anilines is 1. The van der Waals surface area contributed by atoms with Crippen LogP contribution in [0.3, 0.4) is 0 Å². The summed E-state index contributed by atoms with van der Waals surface area (Å²) in [6, 6.07) is 0. The molecule has 0 fully saturated rings. The molecule has 0 amide bonds. The second-order valence-corrected chi connectivity index (χ2v) is 2.84. The lowest BCUT2D eigenvalue weighted by Gasteiger charge is -1.94. The first-order chi connectivity index (χ1) is 7.13. The van der Waals surface area contributed by atoms with E-state index in [1.54, 1.807) is 0 Å². The van der Waals surface area contributed by atoms with Gasteiger partial charge in [0, 0.05) is 0 Å². The van der Waals surface area contributed by atoms with E-state index in [1.165, 1.54) is 13.3 Å². The van der Waals surface area contributed by atoms with E-state index in [-0.39, 0.29) is 17.4 Å². The number of methoxy groups -OCH3 is 1. The van der Waals surface area contributed by atoms with Gasteiger partial charge >= 0.3 is 5.97 Å². The Morgan fingerprint density at radius 1 is 1.73 bits per heavy atom. The molecule has 1 rings (SSSR count). The molecular formula is C9H8ClN3O2. The second-order valence-electron chi connectivity index (χ2n) is 2.49. The minimum absolute atomic E-state index is 0.000174. The Morgan fingerprint density at radius 2 is 2.47 bits per heavy atom. The fourth-order valence-corrected chi connectivity index (χ4v) is 0.855. The fraction of sp³-hybridized carbons (Fsp3) is 0.222. The molecule has 0 atom stereocenters. The molecule has 6 heteroatoms. The van der Waals surface area contributed by atoms with Crippen molar-refractivity contribution in [2.45, 2.75) is 6.42 Å². The summed E-state index contributed by atoms with van der Waals surface area (Å²) in [7, 11) is 1.30. The number of nitrogens with zero attached hydrogens (tertiary/aromatic N) is 2. The molecule has 78 valence electrons. The van der Waals surface area contributed by atoms with Crippen LogP contribution in [0, 0.1) is 11.8 Å². The van der Waals surface area contributed by atoms with Gasteiger partial charge in [-0.05, 0) is 5.92 Å². The summed E-state index contributed by atoms with van der Waals surface area (Å²) in [4.78, 5) is 18.3. The molecule has 0 bridgehead atoms. The SMILES string of the molecule is COC(=O)CC#Cc1cnc(N)c(Cl)n1. The molecular weight excluding hydrogens is 218 g/mol. The molecule has 15 heavy (non-hydrogen) atoms. The molecule has 5 nitrogen and oxygen atoms in total. The molecule has 2 N–H and O–H groups in total. The van der Waals surface area contributed by atoms with E-state index in [0.717, 1.165) is 0 Å². The summed E-state index contributed by atoms with van der Waals surface area (Å²) < 4.78 is 4.41. The predicted molar refractivity (Wildman–Crippen MR) is 55.0 cm³/mol. The Balaban J connectivity index is 2.72. The highest BCUT2D eigenvalue weighted by atomic mass is 35.5. The number of aromatic nitrogens is 2. The van der Waals surface area contributed by atoms with Gasteiger partial charge in [0.15, 0.2) is 11.0 Å². The second kappa shape index (κ2) is 5.17. The van der Waals surface area contributed by atoms with Crippen LogP contribution < -0.4 is 5.73 Å². The molecule has 0 aliphatic carbocycles. The standard InChI is InChI=1S/C9H8ClN3O2/c1-15-7(14)4-2-3-6-5-12-9(11)8(10)13-6/h5H,4H2,1H3,(H2,11,12). The van der Waals surface area contributed by atoms with Gasteiger partial charge < -0.3 is 10.5 Å². The van der Waals surface area contributed by atoms with E-state index < -0.39 is 5.97 Å². The Kier molecular flexibility index (Phi) is 3.89. The van der Waals surface area contributed by atoms with Crippen molar-refractivity contribution < 1.29 is 9.53 Å². The maximum Gasteiger partial charge on any atom is 0.317 e. The smallest absolute Gasteiger partial charge is 0.317 e. The molecule has 0 radical (unpaired) electrons. The van der Waals surface area contributed by atoms with Gasteiger partial charge in [-0.25, -0.2) is 9.97 Å². The minimum Gasteiger partial charge on any atom is -0.468 e. The van der Waals surface area contributed by atoms with Crippen LogP contribution in [0.25, 0.3) is 0 Å². The summed E-state index contributed by atoms with van der Waals surface area (Å²) in [5.74, 6) is 4.93. The average molecular weight is 226 g/mol. The maximum absolute atomic E-state index is 10.7. The lowest BCUT2D eigenvalue weighted by atomic mass is 10.4. The highest BCUT2D eigenvalue weighted by Crippen LogP contribution is 2.11. The summed E-state index contributed by atoms with van der Waals surface area (Å²) in [5.41, 5.74) is 5.72. The van der Waals surface area contributed by atoms with E-state index in [4.69, 9.17) is 17.3 Å². The van der Waals surface area contributed by atoms with Gasteiger partial charge in [0.1, 0.15) is 12.1 Å². The molecule has 0 saturated heterocycles. The molecule has 1 heterocycles. The monoisotopic (exact) mass is 225 g/mol. The van der Waals surface area contributed by atoms with Gasteiger partial charge in [-0.2, -0.15) is 0 Å². The topological polar surface area (TPSA) is 78.1 Å². The van der Waals surface area contributed by atoms with E-state index in [2.05, 4.69) is 26.5 Å². The third kappa shape index (κ3) is 3.44. The highest BCUT2D eigenvalue weighted by molar-refractivity contribution is 6.31. The lowest BCUT2D eigenvalue weighted by molar-refractivity contribution is -0.139. The zero-order valence-corrected chi connectivity index (χ0v) is 8.71. The zero-order chi connectivity index (χ0) is 11.3. The van der Waals surface area contributed by atoms with Crippen molar-refractivity contribution in [2.75, 3.05) is 12.8 Å². The van der Waals surface area contributed by atoms with E-state index >= 15 is 0 Å². The van der Waals surface area contributed by atoms with Crippen LogP contribution >= 0.6 is 11.6 Å². The quantitative estimate of drug-likeness (QED) is 0.560. The van der Waals surface area contributed by atoms with Crippen LogP contribution in [0.4, 0.5) is 5.82 Å². The first-order valence-electron chi connectivity index (χ1n) is 3.97. The van der Waals surface area contributed by atoms with Crippen molar-refractivity contribution in [3.8, 4) is 11.8 Å². The van der Waals surface area contributed by atoms with Crippen LogP contribution in [-0.2, 0) is 9.53 Å². The molecule has 0 saturated carbocycles. The summed E-state index contributed by atoms with van der Waals surface area (Å²) in [6.07, 6.45) is 1.38. The number of nitrogens with two attached hydrogens (primary N) is 1. The summed E-state index contributed by atoms with van der Waals surface area (Å²) in [6.45, 7) is 0. The minimum atomic E-state index is -0.406. The molecule has 1 aromatic rings. The maximum atomic E-state index is 10.7. The van der Waals surface area contributed by atoms with Crippen LogP contribution in [0.5, 0.6) is 0 Å². The summed E-state index contributed by atoms with van der Waals surface area (Å²) >= 11 is 5.62. The van der Waals surface area contributed by atoms with Gasteiger partial charge in [0.05, 0.1) is 13.3 Å². The molecule has 0 aliphatic heterocycles. The van der Waals surface area contributed by atoms with Gasteiger partial charge in [-0.15, -0.1) is 0 Å². The number of rotatable bonds is 1. The normalized spacial score (nSPS) is 8.93. The summed E-state index contributed by atoms with van der Waals surface area (Å²) in [5, 5.41) is 0.0971. The molecule has 1 aromatic heterocycles. The van der Waals surface area contributed by atoms with Gasteiger partial charge in [-0.1, -0.05) is 17.5 Å². The lowest BCUT2D eigenvalue weighted by Crippen LogP contribution is -1.98. The first kappa shape index (κ1) is 11.3. The Labute approximate surface area is 91.6 Å². The predicted octanol–water partition coefficient (Wildman–Crippen LogP) is 0.627. The van der Waals surface area contributed by atoms with Crippen molar-refractivity contribution in [2.24, 2.45) is 0 Å². The largest absolute Gasteiger partial charge is 0.468 e. The van der Waals surface area contributed by atoms with Gasteiger partial charge in [-0.3, -0.25) is 4.79 Å². The van der Waals surface area contributed by atoms with Crippen molar-refractivity contribution in [1.29, 1.82) is 0 Å². The molecule has 0 spiro atoms. The number of carbonyl (C=O) groups is 1. The third-order valence-corrected chi connectivity index (χ3v) is 1.71. The number of hydrogen-bond donors (Lipinski definition) is 1. The number of halogens is 1. The van der Waals surface area contributed by atoms with E-state index in [1.807, 2.05) is 0 Å². The van der Waals surface area contributed by atoms with Crippen LogP contribution in [0.15, 0.2) is 6.20 Å². The number of carbonyl (C=O) groups excluding carboxylic acids is 1. The van der Waals surface area contributed by atoms with Gasteiger partial charge in [0.2, 0.25) is 0 Å². The molecule has 0 aliphatic rings. The number of nitrogen functional groups attached to an aromatic ring is 1. The third-order valence-electron chi connectivity index (χ3n) is 1.43. The number of esters is 1. The van der Waals surface area contributed by atoms with Crippen molar-refractivity contribution in [3.05, 3.63) is 17.0 Å². The van der Waals surface area contributed by atoms with E-state index in [0.29, 0.717) is 5.69 Å². The first-order valence-corrected chi connectivity index (χ1v) is 4.35. The van der Waals surface area contributed by atoms with E-state index in [9.17, 15) is 4.79 Å². The van der Waals surface area contributed by atoms with Crippen LogP contribution in [0.2, 0.25) is 5.15 Å². The Bertz CT molecular complexity index is 437. The Hall–Kier alpha value is -1.80. The fourth-order valence-electron chi connectivity index (χ4n) is 0.715. The van der Waals surface area contributed by atoms with Crippen molar-refractivity contribution in [1.82, 2.24) is 9.97 Å². The molecule has 0 aromatic carbocycles. The van der Waals surface area contributed by atoms with Gasteiger partial charge in [0.25, 0.3) is 0 Å². The van der Waals surface area contributed by atoms with Crippen LogP contribution in [-0.4, -0.2) is 23.0 Å². The zero-order valence-electron chi connectivity index (χ0n) is 7.95. The van der Waals surface area contributed by atoms with Crippen molar-refractivity contribution >= 4 is 23.4 Å². The number of ether oxygens (including phenoxy) is 1. The van der Waals surface area contributed by atoms with Crippen molar-refractivity contribution in [3.63, 3.8) is 0 Å².